The zero-order chi connectivity index (χ0) is 17.2. The molecule has 1 aliphatic heterocycles. The molecule has 130 valence electrons. The number of thiazole rings is 1. The third-order valence-electron chi connectivity index (χ3n) is 3.89. The molecule has 0 saturated carbocycles. The van der Waals surface area contributed by atoms with Crippen LogP contribution in [0.3, 0.4) is 0 Å². The van der Waals surface area contributed by atoms with E-state index in [0.717, 1.165) is 43.8 Å². The number of morpholine rings is 1. The summed E-state index contributed by atoms with van der Waals surface area (Å²) in [5, 5.41) is 3.29. The van der Waals surface area contributed by atoms with Gasteiger partial charge in [-0.25, -0.2) is 4.98 Å². The van der Waals surface area contributed by atoms with Crippen LogP contribution in [-0.2, 0) is 10.9 Å². The molecule has 0 spiro atoms. The summed E-state index contributed by atoms with van der Waals surface area (Å²) in [5.74, 6) is 0. The number of anilines is 2. The lowest BCUT2D eigenvalue weighted by Crippen LogP contribution is -2.36. The van der Waals surface area contributed by atoms with E-state index in [4.69, 9.17) is 4.74 Å². The fraction of sp³-hybridized carbons (Fsp3) is 0.438. The number of rotatable bonds is 4. The maximum atomic E-state index is 12.6. The topological polar surface area (TPSA) is 37.4 Å². The Balaban J connectivity index is 1.64. The lowest BCUT2D eigenvalue weighted by atomic mass is 10.1. The van der Waals surface area contributed by atoms with Crippen molar-refractivity contribution in [2.75, 3.05) is 36.5 Å². The molecule has 1 unspecified atom stereocenters. The van der Waals surface area contributed by atoms with Crippen LogP contribution in [0.5, 0.6) is 0 Å². The van der Waals surface area contributed by atoms with Gasteiger partial charge in [0.15, 0.2) is 5.13 Å². The average Bonchev–Trinajstić information content (AvgIpc) is 3.05. The molecule has 2 aromatic rings. The standard InChI is InChI=1S/C16H18F3N3OS/c1-11(21-15-20-10-14(24-15)16(17,18)19)12-2-4-13(5-3-12)22-6-8-23-9-7-22/h2-5,10-11H,6-9H2,1H3,(H,20,21). The molecular formula is C16H18F3N3OS. The van der Waals surface area contributed by atoms with Crippen molar-refractivity contribution in [2.45, 2.75) is 19.1 Å². The largest absolute Gasteiger partial charge is 0.427 e. The molecule has 0 bridgehead atoms. The van der Waals surface area contributed by atoms with E-state index in [1.54, 1.807) is 0 Å². The van der Waals surface area contributed by atoms with Gasteiger partial charge in [-0.05, 0) is 24.6 Å². The van der Waals surface area contributed by atoms with Gasteiger partial charge in [0, 0.05) is 18.8 Å². The summed E-state index contributed by atoms with van der Waals surface area (Å²) in [6.45, 7) is 5.09. The zero-order valence-electron chi connectivity index (χ0n) is 13.1. The summed E-state index contributed by atoms with van der Waals surface area (Å²) in [6, 6.07) is 7.90. The summed E-state index contributed by atoms with van der Waals surface area (Å²) < 4.78 is 43.2. The fourth-order valence-electron chi connectivity index (χ4n) is 2.54. The highest BCUT2D eigenvalue weighted by Crippen LogP contribution is 2.36. The Morgan fingerprint density at radius 1 is 1.21 bits per heavy atom. The molecule has 1 N–H and O–H groups in total. The zero-order valence-corrected chi connectivity index (χ0v) is 14.0. The van der Waals surface area contributed by atoms with Crippen molar-refractivity contribution >= 4 is 22.2 Å². The minimum absolute atomic E-state index is 0.129. The number of aromatic nitrogens is 1. The molecule has 1 aromatic heterocycles. The molecule has 0 amide bonds. The van der Waals surface area contributed by atoms with E-state index in [2.05, 4.69) is 15.2 Å². The van der Waals surface area contributed by atoms with Crippen molar-refractivity contribution in [3.8, 4) is 0 Å². The molecule has 2 heterocycles. The normalized spacial score (nSPS) is 16.9. The molecule has 1 fully saturated rings. The Morgan fingerprint density at radius 3 is 2.46 bits per heavy atom. The van der Waals surface area contributed by atoms with Gasteiger partial charge in [0.1, 0.15) is 4.88 Å². The number of ether oxygens (including phenoxy) is 1. The summed E-state index contributed by atoms with van der Waals surface area (Å²) in [4.78, 5) is 5.36. The molecule has 0 radical (unpaired) electrons. The highest BCUT2D eigenvalue weighted by molar-refractivity contribution is 7.15. The van der Waals surface area contributed by atoms with Crippen molar-refractivity contribution in [3.63, 3.8) is 0 Å². The third kappa shape index (κ3) is 3.99. The third-order valence-corrected chi connectivity index (χ3v) is 4.87. The second-order valence-electron chi connectivity index (χ2n) is 5.58. The van der Waals surface area contributed by atoms with E-state index in [1.807, 2.05) is 31.2 Å². The van der Waals surface area contributed by atoms with Crippen molar-refractivity contribution in [3.05, 3.63) is 40.9 Å². The van der Waals surface area contributed by atoms with Crippen LogP contribution in [0, 0.1) is 0 Å². The van der Waals surface area contributed by atoms with E-state index in [9.17, 15) is 13.2 Å². The number of hydrogen-bond donors (Lipinski definition) is 1. The van der Waals surface area contributed by atoms with E-state index < -0.39 is 11.1 Å². The molecule has 3 rings (SSSR count). The van der Waals surface area contributed by atoms with Gasteiger partial charge in [0.05, 0.1) is 25.5 Å². The maximum absolute atomic E-state index is 12.6. The number of nitrogens with zero attached hydrogens (tertiary/aromatic N) is 2. The van der Waals surface area contributed by atoms with E-state index in [1.165, 1.54) is 0 Å². The van der Waals surface area contributed by atoms with Crippen LogP contribution in [0.4, 0.5) is 24.0 Å². The van der Waals surface area contributed by atoms with Crippen molar-refractivity contribution in [1.82, 2.24) is 4.98 Å². The number of alkyl halides is 3. The predicted molar refractivity (Wildman–Crippen MR) is 88.6 cm³/mol. The highest BCUT2D eigenvalue weighted by Gasteiger charge is 2.33. The van der Waals surface area contributed by atoms with Gasteiger partial charge in [-0.15, -0.1) is 0 Å². The molecule has 1 aromatic carbocycles. The number of benzene rings is 1. The molecular weight excluding hydrogens is 339 g/mol. The second-order valence-corrected chi connectivity index (χ2v) is 6.62. The summed E-state index contributed by atoms with van der Waals surface area (Å²) in [7, 11) is 0. The summed E-state index contributed by atoms with van der Waals surface area (Å²) in [6.07, 6.45) is -3.48. The monoisotopic (exact) mass is 357 g/mol. The molecule has 4 nitrogen and oxygen atoms in total. The Hall–Kier alpha value is -1.80. The van der Waals surface area contributed by atoms with E-state index in [0.29, 0.717) is 11.3 Å². The Labute approximate surface area is 142 Å². The van der Waals surface area contributed by atoms with Gasteiger partial charge in [0.2, 0.25) is 0 Å². The van der Waals surface area contributed by atoms with Crippen molar-refractivity contribution < 1.29 is 17.9 Å². The SMILES string of the molecule is CC(Nc1ncc(C(F)(F)F)s1)c1ccc(N2CCOCC2)cc1. The lowest BCUT2D eigenvalue weighted by Gasteiger charge is -2.29. The average molecular weight is 357 g/mol. The van der Waals surface area contributed by atoms with Crippen LogP contribution in [0.15, 0.2) is 30.5 Å². The molecule has 1 atom stereocenters. The van der Waals surface area contributed by atoms with Crippen LogP contribution in [0.1, 0.15) is 23.4 Å². The van der Waals surface area contributed by atoms with Crippen LogP contribution in [0.25, 0.3) is 0 Å². The second kappa shape index (κ2) is 6.98. The molecule has 1 aliphatic rings. The Kier molecular flexibility index (Phi) is 4.96. The van der Waals surface area contributed by atoms with Gasteiger partial charge >= 0.3 is 6.18 Å². The van der Waals surface area contributed by atoms with Crippen molar-refractivity contribution in [1.29, 1.82) is 0 Å². The minimum Gasteiger partial charge on any atom is -0.378 e. The van der Waals surface area contributed by atoms with Crippen LogP contribution in [0.2, 0.25) is 0 Å². The predicted octanol–water partition coefficient (Wildman–Crippen LogP) is 4.17. The first-order chi connectivity index (χ1) is 11.4. The Morgan fingerprint density at radius 2 is 1.88 bits per heavy atom. The number of hydrogen-bond acceptors (Lipinski definition) is 5. The smallest absolute Gasteiger partial charge is 0.378 e. The van der Waals surface area contributed by atoms with Gasteiger partial charge in [-0.3, -0.25) is 0 Å². The van der Waals surface area contributed by atoms with Crippen LogP contribution in [-0.4, -0.2) is 31.3 Å². The number of halogens is 3. The van der Waals surface area contributed by atoms with Gasteiger partial charge < -0.3 is 15.0 Å². The van der Waals surface area contributed by atoms with Gasteiger partial charge in [0.25, 0.3) is 0 Å². The first-order valence-corrected chi connectivity index (χ1v) is 8.47. The summed E-state index contributed by atoms with van der Waals surface area (Å²) in [5.41, 5.74) is 2.12. The molecule has 8 heteroatoms. The van der Waals surface area contributed by atoms with Crippen LogP contribution < -0.4 is 10.2 Å². The van der Waals surface area contributed by atoms with Gasteiger partial charge in [-0.1, -0.05) is 23.5 Å². The molecule has 1 saturated heterocycles. The summed E-state index contributed by atoms with van der Waals surface area (Å²) >= 11 is 0.619. The maximum Gasteiger partial charge on any atom is 0.427 e. The van der Waals surface area contributed by atoms with E-state index in [-0.39, 0.29) is 11.2 Å². The molecule has 24 heavy (non-hydrogen) atoms. The minimum atomic E-state index is -4.35. The van der Waals surface area contributed by atoms with Crippen LogP contribution >= 0.6 is 11.3 Å². The molecule has 0 aliphatic carbocycles. The lowest BCUT2D eigenvalue weighted by molar-refractivity contribution is -0.134. The highest BCUT2D eigenvalue weighted by atomic mass is 32.1. The first kappa shape index (κ1) is 17.0. The Bertz CT molecular complexity index is 666. The van der Waals surface area contributed by atoms with Crippen molar-refractivity contribution in [2.24, 2.45) is 0 Å². The first-order valence-electron chi connectivity index (χ1n) is 7.66. The number of nitrogens with one attached hydrogen (secondary N) is 1. The quantitative estimate of drug-likeness (QED) is 0.891. The fourth-order valence-corrected chi connectivity index (χ4v) is 3.31. The van der Waals surface area contributed by atoms with E-state index >= 15 is 0 Å². The van der Waals surface area contributed by atoms with Gasteiger partial charge in [-0.2, -0.15) is 13.2 Å².